The third-order valence-corrected chi connectivity index (χ3v) is 5.52. The van der Waals surface area contributed by atoms with Crippen LogP contribution in [0, 0.1) is 16.0 Å². The Kier molecular flexibility index (Phi) is 4.43. The van der Waals surface area contributed by atoms with Crippen LogP contribution in [0.1, 0.15) is 32.6 Å². The lowest BCUT2D eigenvalue weighted by molar-refractivity contribution is -0.384. The summed E-state index contributed by atoms with van der Waals surface area (Å²) in [5, 5.41) is 14.8. The van der Waals surface area contributed by atoms with Gasteiger partial charge in [0.15, 0.2) is 0 Å². The first-order chi connectivity index (χ1) is 12.2. The fourth-order valence-electron chi connectivity index (χ4n) is 3.81. The van der Waals surface area contributed by atoms with Crippen molar-refractivity contribution < 1.29 is 9.72 Å². The summed E-state index contributed by atoms with van der Waals surface area (Å²) in [5.74, 6) is -0.443. The lowest BCUT2D eigenvalue weighted by atomic mass is 9.83. The number of carbonyl (C=O) groups is 1. The minimum atomic E-state index is -1.03. The summed E-state index contributed by atoms with van der Waals surface area (Å²) in [6.45, 7) is 1.74. The van der Waals surface area contributed by atoms with E-state index in [1.165, 1.54) is 28.8 Å². The standard InChI is InChI=1S/C18H22N4O4/c1-18(17(19)24,11-5-3-4-6-11)20-14-10-16(23)21(2)15-8-7-12(22(25)26)9-13(14)15/h7-11,20H,3-6H2,1-2H3,(H2,19,24). The summed E-state index contributed by atoms with van der Waals surface area (Å²) in [7, 11) is 1.60. The Labute approximate surface area is 150 Å². The van der Waals surface area contributed by atoms with Crippen molar-refractivity contribution in [3.8, 4) is 0 Å². The van der Waals surface area contributed by atoms with E-state index in [4.69, 9.17) is 5.73 Å². The first-order valence-corrected chi connectivity index (χ1v) is 8.60. The van der Waals surface area contributed by atoms with Gasteiger partial charge in [0, 0.05) is 30.6 Å². The molecule has 1 heterocycles. The van der Waals surface area contributed by atoms with Gasteiger partial charge in [-0.3, -0.25) is 19.7 Å². The van der Waals surface area contributed by atoms with Crippen LogP contribution in [0.25, 0.3) is 10.9 Å². The fourth-order valence-corrected chi connectivity index (χ4v) is 3.81. The van der Waals surface area contributed by atoms with Crippen LogP contribution in [0.2, 0.25) is 0 Å². The topological polar surface area (TPSA) is 120 Å². The molecule has 1 amide bonds. The molecule has 3 N–H and O–H groups in total. The molecule has 138 valence electrons. The molecule has 26 heavy (non-hydrogen) atoms. The number of nitro benzene ring substituents is 1. The molecule has 1 atom stereocenters. The minimum absolute atomic E-state index is 0.0535. The van der Waals surface area contributed by atoms with Crippen LogP contribution in [-0.2, 0) is 11.8 Å². The van der Waals surface area contributed by atoms with Crippen LogP contribution >= 0.6 is 0 Å². The number of nitrogens with zero attached hydrogens (tertiary/aromatic N) is 2. The molecule has 0 saturated heterocycles. The van der Waals surface area contributed by atoms with Gasteiger partial charge in [-0.15, -0.1) is 0 Å². The lowest BCUT2D eigenvalue weighted by Crippen LogP contribution is -2.53. The number of primary amides is 1. The molecular formula is C18H22N4O4. The number of nitrogens with two attached hydrogens (primary N) is 1. The maximum Gasteiger partial charge on any atom is 0.270 e. The normalized spacial score (nSPS) is 17.2. The zero-order valence-corrected chi connectivity index (χ0v) is 14.8. The van der Waals surface area contributed by atoms with E-state index in [-0.39, 0.29) is 17.2 Å². The highest BCUT2D eigenvalue weighted by Gasteiger charge is 2.41. The Morgan fingerprint density at radius 3 is 2.58 bits per heavy atom. The van der Waals surface area contributed by atoms with Gasteiger partial charge in [-0.1, -0.05) is 12.8 Å². The highest BCUT2D eigenvalue weighted by atomic mass is 16.6. The van der Waals surface area contributed by atoms with Crippen molar-refractivity contribution in [3.05, 3.63) is 44.7 Å². The number of fused-ring (bicyclic) bond motifs is 1. The Hall–Kier alpha value is -2.90. The Morgan fingerprint density at radius 2 is 2.00 bits per heavy atom. The van der Waals surface area contributed by atoms with Gasteiger partial charge in [0.25, 0.3) is 11.2 Å². The van der Waals surface area contributed by atoms with E-state index < -0.39 is 16.4 Å². The molecule has 0 aliphatic heterocycles. The van der Waals surface area contributed by atoms with Crippen molar-refractivity contribution in [3.63, 3.8) is 0 Å². The molecule has 1 aromatic heterocycles. The maximum atomic E-state index is 12.3. The molecule has 0 radical (unpaired) electrons. The highest BCUT2D eigenvalue weighted by Crippen LogP contribution is 2.37. The van der Waals surface area contributed by atoms with Gasteiger partial charge in [-0.05, 0) is 31.7 Å². The number of carbonyl (C=O) groups excluding carboxylic acids is 1. The Balaban J connectivity index is 2.18. The molecule has 1 aliphatic rings. The summed E-state index contributed by atoms with van der Waals surface area (Å²) in [4.78, 5) is 35.2. The number of benzene rings is 1. The number of non-ortho nitro benzene ring substituents is 1. The van der Waals surface area contributed by atoms with E-state index in [2.05, 4.69) is 5.32 Å². The second-order valence-corrected chi connectivity index (χ2v) is 7.09. The number of hydrogen-bond acceptors (Lipinski definition) is 5. The van der Waals surface area contributed by atoms with Crippen LogP contribution in [0.4, 0.5) is 11.4 Å². The molecule has 8 heteroatoms. The van der Waals surface area contributed by atoms with Gasteiger partial charge < -0.3 is 15.6 Å². The van der Waals surface area contributed by atoms with Crippen LogP contribution in [0.5, 0.6) is 0 Å². The predicted molar refractivity (Wildman–Crippen MR) is 99.0 cm³/mol. The van der Waals surface area contributed by atoms with E-state index in [0.717, 1.165) is 25.7 Å². The minimum Gasteiger partial charge on any atom is -0.371 e. The molecule has 2 aromatic rings. The van der Waals surface area contributed by atoms with Gasteiger partial charge in [0.05, 0.1) is 16.1 Å². The molecule has 1 fully saturated rings. The third-order valence-electron chi connectivity index (χ3n) is 5.52. The molecule has 1 unspecified atom stereocenters. The number of aromatic nitrogens is 1. The van der Waals surface area contributed by atoms with Crippen LogP contribution in [0.15, 0.2) is 29.1 Å². The Bertz CT molecular complexity index is 946. The molecule has 8 nitrogen and oxygen atoms in total. The van der Waals surface area contributed by atoms with Gasteiger partial charge in [-0.25, -0.2) is 0 Å². The SMILES string of the molecule is Cn1c(=O)cc(NC(C)(C(N)=O)C2CCCC2)c2cc([N+](=O)[O-])ccc21. The first kappa shape index (κ1) is 17.9. The molecule has 1 aliphatic carbocycles. The number of pyridine rings is 1. The number of nitrogens with one attached hydrogen (secondary N) is 1. The number of amides is 1. The zero-order chi connectivity index (χ0) is 19.1. The van der Waals surface area contributed by atoms with Crippen molar-refractivity contribution >= 4 is 28.2 Å². The second kappa shape index (κ2) is 6.44. The number of rotatable bonds is 5. The smallest absolute Gasteiger partial charge is 0.270 e. The third kappa shape index (κ3) is 2.91. The van der Waals surface area contributed by atoms with E-state index in [1.807, 2.05) is 0 Å². The van der Waals surface area contributed by atoms with E-state index in [0.29, 0.717) is 16.6 Å². The summed E-state index contributed by atoms with van der Waals surface area (Å²) >= 11 is 0. The van der Waals surface area contributed by atoms with Crippen molar-refractivity contribution in [2.24, 2.45) is 18.7 Å². The van der Waals surface area contributed by atoms with Crippen molar-refractivity contribution in [2.45, 2.75) is 38.1 Å². The predicted octanol–water partition coefficient (Wildman–Crippen LogP) is 2.29. The van der Waals surface area contributed by atoms with Gasteiger partial charge in [0.2, 0.25) is 5.91 Å². The van der Waals surface area contributed by atoms with E-state index in [1.54, 1.807) is 14.0 Å². The number of anilines is 1. The molecule has 0 bridgehead atoms. The average molecular weight is 358 g/mol. The van der Waals surface area contributed by atoms with Crippen LogP contribution in [-0.4, -0.2) is 20.9 Å². The lowest BCUT2D eigenvalue weighted by Gasteiger charge is -2.35. The zero-order valence-electron chi connectivity index (χ0n) is 14.8. The van der Waals surface area contributed by atoms with Crippen molar-refractivity contribution in [1.82, 2.24) is 4.57 Å². The molecule has 1 saturated carbocycles. The molecule has 1 aromatic carbocycles. The van der Waals surface area contributed by atoms with Crippen molar-refractivity contribution in [1.29, 1.82) is 0 Å². The van der Waals surface area contributed by atoms with Gasteiger partial charge in [-0.2, -0.15) is 0 Å². The number of aryl methyl sites for hydroxylation is 1. The van der Waals surface area contributed by atoms with Crippen LogP contribution in [0.3, 0.4) is 0 Å². The number of hydrogen-bond donors (Lipinski definition) is 2. The Morgan fingerprint density at radius 1 is 1.35 bits per heavy atom. The summed E-state index contributed by atoms with van der Waals surface area (Å²) in [5.41, 5.74) is 5.25. The fraction of sp³-hybridized carbons (Fsp3) is 0.444. The number of nitro groups is 1. The average Bonchev–Trinajstić information content (AvgIpc) is 3.13. The molecule has 3 rings (SSSR count). The second-order valence-electron chi connectivity index (χ2n) is 7.09. The van der Waals surface area contributed by atoms with Gasteiger partial charge >= 0.3 is 0 Å². The quantitative estimate of drug-likeness (QED) is 0.627. The highest BCUT2D eigenvalue weighted by molar-refractivity contribution is 5.96. The van der Waals surface area contributed by atoms with E-state index in [9.17, 15) is 19.7 Å². The molecule has 0 spiro atoms. The van der Waals surface area contributed by atoms with Crippen molar-refractivity contribution in [2.75, 3.05) is 5.32 Å². The summed E-state index contributed by atoms with van der Waals surface area (Å²) in [6, 6.07) is 5.67. The molecular weight excluding hydrogens is 336 g/mol. The van der Waals surface area contributed by atoms with E-state index >= 15 is 0 Å². The largest absolute Gasteiger partial charge is 0.371 e. The maximum absolute atomic E-state index is 12.3. The monoisotopic (exact) mass is 358 g/mol. The van der Waals surface area contributed by atoms with Gasteiger partial charge in [0.1, 0.15) is 5.54 Å². The first-order valence-electron chi connectivity index (χ1n) is 8.60. The summed E-state index contributed by atoms with van der Waals surface area (Å²) in [6.07, 6.45) is 3.79. The summed E-state index contributed by atoms with van der Waals surface area (Å²) < 4.78 is 1.42. The van der Waals surface area contributed by atoms with Crippen LogP contribution < -0.4 is 16.6 Å².